The van der Waals surface area contributed by atoms with E-state index in [1.54, 1.807) is 11.3 Å². The third kappa shape index (κ3) is 2.64. The fourth-order valence-corrected chi connectivity index (χ4v) is 2.38. The Hall–Kier alpha value is -1.42. The van der Waals surface area contributed by atoms with E-state index in [4.69, 9.17) is 0 Å². The van der Waals surface area contributed by atoms with Gasteiger partial charge in [0.15, 0.2) is 0 Å². The van der Waals surface area contributed by atoms with E-state index in [1.807, 2.05) is 13.1 Å². The summed E-state index contributed by atoms with van der Waals surface area (Å²) in [6.45, 7) is 6.33. The van der Waals surface area contributed by atoms with Crippen LogP contribution in [-0.4, -0.2) is 17.0 Å². The highest BCUT2D eigenvalue weighted by Crippen LogP contribution is 2.28. The van der Waals surface area contributed by atoms with Crippen LogP contribution in [0.4, 0.5) is 5.82 Å². The van der Waals surface area contributed by atoms with Crippen molar-refractivity contribution in [1.29, 1.82) is 0 Å². The number of rotatable bonds is 3. The standard InChI is InChI=1S/C13H17N3S/c1-8(2)13-15-10(7-12(14-4)16-13)11-6-5-9(3)17-11/h5-8H,1-4H3,(H,14,15,16). The quantitative estimate of drug-likeness (QED) is 0.899. The molecule has 4 heteroatoms. The van der Waals surface area contributed by atoms with Gasteiger partial charge in [0, 0.05) is 23.9 Å². The molecule has 0 aromatic carbocycles. The van der Waals surface area contributed by atoms with Gasteiger partial charge in [-0.1, -0.05) is 13.8 Å². The minimum absolute atomic E-state index is 0.336. The lowest BCUT2D eigenvalue weighted by molar-refractivity contribution is 0.778. The molecular weight excluding hydrogens is 230 g/mol. The van der Waals surface area contributed by atoms with Crippen LogP contribution in [0.5, 0.6) is 0 Å². The number of nitrogens with one attached hydrogen (secondary N) is 1. The molecule has 2 heterocycles. The molecule has 0 aliphatic heterocycles. The highest BCUT2D eigenvalue weighted by molar-refractivity contribution is 7.15. The Labute approximate surface area is 106 Å². The summed E-state index contributed by atoms with van der Waals surface area (Å²) >= 11 is 1.76. The summed E-state index contributed by atoms with van der Waals surface area (Å²) < 4.78 is 0. The van der Waals surface area contributed by atoms with Crippen molar-refractivity contribution in [1.82, 2.24) is 9.97 Å². The van der Waals surface area contributed by atoms with E-state index in [0.29, 0.717) is 5.92 Å². The van der Waals surface area contributed by atoms with Crippen molar-refractivity contribution in [3.8, 4) is 10.6 Å². The van der Waals surface area contributed by atoms with Crippen LogP contribution >= 0.6 is 11.3 Å². The third-order valence-electron chi connectivity index (χ3n) is 2.51. The lowest BCUT2D eigenvalue weighted by Gasteiger charge is -2.08. The van der Waals surface area contributed by atoms with Gasteiger partial charge in [0.05, 0.1) is 10.6 Å². The Balaban J connectivity index is 2.49. The first kappa shape index (κ1) is 12.0. The van der Waals surface area contributed by atoms with Gasteiger partial charge in [0.2, 0.25) is 0 Å². The average Bonchev–Trinajstić information content (AvgIpc) is 2.75. The first-order valence-corrected chi connectivity index (χ1v) is 6.55. The Morgan fingerprint density at radius 2 is 2.00 bits per heavy atom. The molecule has 0 aliphatic carbocycles. The summed E-state index contributed by atoms with van der Waals surface area (Å²) in [5.74, 6) is 2.10. The first-order chi connectivity index (χ1) is 8.10. The van der Waals surface area contributed by atoms with Crippen LogP contribution in [0.2, 0.25) is 0 Å². The second-order valence-electron chi connectivity index (χ2n) is 4.31. The summed E-state index contributed by atoms with van der Waals surface area (Å²) in [5.41, 5.74) is 1.01. The fourth-order valence-electron chi connectivity index (χ4n) is 1.55. The summed E-state index contributed by atoms with van der Waals surface area (Å²) in [6.07, 6.45) is 0. The van der Waals surface area contributed by atoms with Crippen molar-refractivity contribution >= 4 is 17.2 Å². The smallest absolute Gasteiger partial charge is 0.133 e. The van der Waals surface area contributed by atoms with Crippen LogP contribution in [0.1, 0.15) is 30.5 Å². The normalized spacial score (nSPS) is 10.9. The SMILES string of the molecule is CNc1cc(-c2ccc(C)s2)nc(C(C)C)n1. The molecule has 2 aromatic heterocycles. The number of hydrogen-bond acceptors (Lipinski definition) is 4. The van der Waals surface area contributed by atoms with E-state index in [0.717, 1.165) is 17.3 Å². The van der Waals surface area contributed by atoms with Crippen LogP contribution in [0.3, 0.4) is 0 Å². The zero-order valence-corrected chi connectivity index (χ0v) is 11.4. The maximum Gasteiger partial charge on any atom is 0.133 e. The highest BCUT2D eigenvalue weighted by Gasteiger charge is 2.10. The first-order valence-electron chi connectivity index (χ1n) is 5.73. The van der Waals surface area contributed by atoms with Crippen LogP contribution in [0, 0.1) is 6.92 Å². The van der Waals surface area contributed by atoms with Gasteiger partial charge in [-0.25, -0.2) is 9.97 Å². The molecule has 0 saturated carbocycles. The molecule has 0 atom stereocenters. The minimum Gasteiger partial charge on any atom is -0.373 e. The van der Waals surface area contributed by atoms with Gasteiger partial charge in [0.25, 0.3) is 0 Å². The lowest BCUT2D eigenvalue weighted by atomic mass is 10.2. The molecule has 90 valence electrons. The maximum absolute atomic E-state index is 4.62. The van der Waals surface area contributed by atoms with Crippen LogP contribution in [-0.2, 0) is 0 Å². The number of aryl methyl sites for hydroxylation is 1. The van der Waals surface area contributed by atoms with Crippen molar-refractivity contribution in [2.45, 2.75) is 26.7 Å². The van der Waals surface area contributed by atoms with Crippen molar-refractivity contribution in [2.75, 3.05) is 12.4 Å². The molecule has 0 amide bonds. The molecule has 2 aromatic rings. The van der Waals surface area contributed by atoms with Crippen molar-refractivity contribution < 1.29 is 0 Å². The Morgan fingerprint density at radius 3 is 2.53 bits per heavy atom. The number of aromatic nitrogens is 2. The van der Waals surface area contributed by atoms with Crippen LogP contribution < -0.4 is 5.32 Å². The predicted octanol–water partition coefficient (Wildman–Crippen LogP) is 3.68. The molecule has 0 unspecified atom stereocenters. The molecule has 0 saturated heterocycles. The molecule has 2 rings (SSSR count). The number of nitrogens with zero attached hydrogens (tertiary/aromatic N) is 2. The van der Waals surface area contributed by atoms with Crippen LogP contribution in [0.15, 0.2) is 18.2 Å². The van der Waals surface area contributed by atoms with E-state index in [1.165, 1.54) is 9.75 Å². The largest absolute Gasteiger partial charge is 0.373 e. The van der Waals surface area contributed by atoms with Gasteiger partial charge < -0.3 is 5.32 Å². The van der Waals surface area contributed by atoms with Crippen molar-refractivity contribution in [3.05, 3.63) is 28.9 Å². The van der Waals surface area contributed by atoms with Gasteiger partial charge in [-0.2, -0.15) is 0 Å². The summed E-state index contributed by atoms with van der Waals surface area (Å²) in [7, 11) is 1.88. The minimum atomic E-state index is 0.336. The number of hydrogen-bond donors (Lipinski definition) is 1. The zero-order chi connectivity index (χ0) is 12.4. The topological polar surface area (TPSA) is 37.8 Å². The number of anilines is 1. The fraction of sp³-hybridized carbons (Fsp3) is 0.385. The monoisotopic (exact) mass is 247 g/mol. The molecule has 1 N–H and O–H groups in total. The number of thiophene rings is 1. The Bertz CT molecular complexity index is 517. The van der Waals surface area contributed by atoms with Crippen LogP contribution in [0.25, 0.3) is 10.6 Å². The predicted molar refractivity (Wildman–Crippen MR) is 73.7 cm³/mol. The van der Waals surface area contributed by atoms with E-state index < -0.39 is 0 Å². The molecule has 0 aliphatic rings. The molecule has 0 spiro atoms. The van der Waals surface area contributed by atoms with E-state index in [-0.39, 0.29) is 0 Å². The van der Waals surface area contributed by atoms with E-state index in [9.17, 15) is 0 Å². The lowest BCUT2D eigenvalue weighted by Crippen LogP contribution is -2.02. The third-order valence-corrected chi connectivity index (χ3v) is 3.53. The molecule has 0 radical (unpaired) electrons. The Kier molecular flexibility index (Phi) is 3.43. The Morgan fingerprint density at radius 1 is 1.24 bits per heavy atom. The summed E-state index contributed by atoms with van der Waals surface area (Å²) in [4.78, 5) is 11.6. The second kappa shape index (κ2) is 4.84. The molecule has 3 nitrogen and oxygen atoms in total. The van der Waals surface area contributed by atoms with Gasteiger partial charge in [-0.3, -0.25) is 0 Å². The van der Waals surface area contributed by atoms with Crippen molar-refractivity contribution in [2.24, 2.45) is 0 Å². The van der Waals surface area contributed by atoms with E-state index in [2.05, 4.69) is 48.2 Å². The van der Waals surface area contributed by atoms with Gasteiger partial charge in [0.1, 0.15) is 11.6 Å². The molecule has 0 fully saturated rings. The average molecular weight is 247 g/mol. The summed E-state index contributed by atoms with van der Waals surface area (Å²) in [5, 5.41) is 3.09. The summed E-state index contributed by atoms with van der Waals surface area (Å²) in [6, 6.07) is 6.24. The van der Waals surface area contributed by atoms with Crippen molar-refractivity contribution in [3.63, 3.8) is 0 Å². The van der Waals surface area contributed by atoms with Gasteiger partial charge in [-0.15, -0.1) is 11.3 Å². The van der Waals surface area contributed by atoms with Gasteiger partial charge in [-0.05, 0) is 19.1 Å². The molecular formula is C13H17N3S. The molecule has 17 heavy (non-hydrogen) atoms. The van der Waals surface area contributed by atoms with Gasteiger partial charge >= 0.3 is 0 Å². The second-order valence-corrected chi connectivity index (χ2v) is 5.60. The highest BCUT2D eigenvalue weighted by atomic mass is 32.1. The zero-order valence-electron chi connectivity index (χ0n) is 10.6. The van der Waals surface area contributed by atoms with E-state index >= 15 is 0 Å². The molecule has 0 bridgehead atoms. The maximum atomic E-state index is 4.62.